The minimum atomic E-state index is -0.390. The molecule has 4 N–H and O–H groups in total. The van der Waals surface area contributed by atoms with Gasteiger partial charge in [-0.2, -0.15) is 0 Å². The lowest BCUT2D eigenvalue weighted by atomic mass is 9.81. The van der Waals surface area contributed by atoms with Gasteiger partial charge in [0, 0.05) is 18.6 Å². The van der Waals surface area contributed by atoms with E-state index in [1.54, 1.807) is 0 Å². The molecular formula is C13H27N3O. The highest BCUT2D eigenvalue weighted by Crippen LogP contribution is 2.36. The SMILES string of the molecule is CC(N)C(N1CCC(C)(C(N)=O)C1)C(C)(C)C. The third kappa shape index (κ3) is 2.99. The Morgan fingerprint density at radius 1 is 1.41 bits per heavy atom. The molecule has 1 rings (SSSR count). The quantitative estimate of drug-likeness (QED) is 0.772. The molecule has 1 aliphatic heterocycles. The zero-order valence-corrected chi connectivity index (χ0v) is 11.8. The monoisotopic (exact) mass is 241 g/mol. The number of amides is 1. The normalized spacial score (nSPS) is 30.2. The maximum atomic E-state index is 11.5. The smallest absolute Gasteiger partial charge is 0.224 e. The zero-order valence-electron chi connectivity index (χ0n) is 11.8. The molecule has 1 amide bonds. The van der Waals surface area contributed by atoms with Crippen LogP contribution in [0.5, 0.6) is 0 Å². The van der Waals surface area contributed by atoms with E-state index in [0.717, 1.165) is 19.5 Å². The molecule has 3 atom stereocenters. The fourth-order valence-electron chi connectivity index (χ4n) is 3.10. The third-order valence-corrected chi connectivity index (χ3v) is 3.88. The Hall–Kier alpha value is -0.610. The summed E-state index contributed by atoms with van der Waals surface area (Å²) >= 11 is 0. The topological polar surface area (TPSA) is 72.3 Å². The van der Waals surface area contributed by atoms with Crippen LogP contribution in [0.2, 0.25) is 0 Å². The molecule has 0 aromatic carbocycles. The average molecular weight is 241 g/mol. The Morgan fingerprint density at radius 2 is 1.94 bits per heavy atom. The number of nitrogens with zero attached hydrogens (tertiary/aromatic N) is 1. The Morgan fingerprint density at radius 3 is 2.24 bits per heavy atom. The van der Waals surface area contributed by atoms with Gasteiger partial charge in [0.05, 0.1) is 5.41 Å². The summed E-state index contributed by atoms with van der Waals surface area (Å²) in [7, 11) is 0. The highest BCUT2D eigenvalue weighted by atomic mass is 16.1. The van der Waals surface area contributed by atoms with Gasteiger partial charge in [-0.3, -0.25) is 9.69 Å². The summed E-state index contributed by atoms with van der Waals surface area (Å²) < 4.78 is 0. The third-order valence-electron chi connectivity index (χ3n) is 3.88. The Bertz CT molecular complexity index is 296. The maximum absolute atomic E-state index is 11.5. The minimum absolute atomic E-state index is 0.0882. The summed E-state index contributed by atoms with van der Waals surface area (Å²) in [6.45, 7) is 12.2. The molecule has 0 saturated carbocycles. The average Bonchev–Trinajstić information content (AvgIpc) is 2.45. The summed E-state index contributed by atoms with van der Waals surface area (Å²) in [6.07, 6.45) is 0.835. The lowest BCUT2D eigenvalue weighted by Gasteiger charge is -2.41. The summed E-state index contributed by atoms with van der Waals surface area (Å²) in [5.41, 5.74) is 11.3. The van der Waals surface area contributed by atoms with E-state index in [2.05, 4.69) is 25.7 Å². The molecule has 0 aromatic heterocycles. The molecule has 1 heterocycles. The van der Waals surface area contributed by atoms with Crippen molar-refractivity contribution in [3.05, 3.63) is 0 Å². The van der Waals surface area contributed by atoms with E-state index in [1.807, 2.05) is 13.8 Å². The van der Waals surface area contributed by atoms with Crippen molar-refractivity contribution in [2.24, 2.45) is 22.3 Å². The zero-order chi connectivity index (χ0) is 13.4. The van der Waals surface area contributed by atoms with Crippen molar-refractivity contribution < 1.29 is 4.79 Å². The molecule has 1 aliphatic rings. The van der Waals surface area contributed by atoms with Crippen LogP contribution in [0.3, 0.4) is 0 Å². The second kappa shape index (κ2) is 4.58. The standard InChI is InChI=1S/C13H27N3O/c1-9(14)10(12(2,3)4)16-7-6-13(5,8-16)11(15)17/h9-10H,6-8,14H2,1-5H3,(H2,15,17). The predicted octanol–water partition coefficient (Wildman–Crippen LogP) is 0.946. The van der Waals surface area contributed by atoms with Crippen LogP contribution in [-0.2, 0) is 4.79 Å². The molecule has 0 radical (unpaired) electrons. The van der Waals surface area contributed by atoms with Crippen LogP contribution in [0.15, 0.2) is 0 Å². The number of nitrogens with two attached hydrogens (primary N) is 2. The number of hydrogen-bond acceptors (Lipinski definition) is 3. The van der Waals surface area contributed by atoms with Crippen molar-refractivity contribution in [1.29, 1.82) is 0 Å². The largest absolute Gasteiger partial charge is 0.369 e. The lowest BCUT2D eigenvalue weighted by Crippen LogP contribution is -2.53. The van der Waals surface area contributed by atoms with E-state index in [0.29, 0.717) is 0 Å². The summed E-state index contributed by atoms with van der Waals surface area (Å²) in [4.78, 5) is 13.8. The van der Waals surface area contributed by atoms with Gasteiger partial charge in [-0.25, -0.2) is 0 Å². The van der Waals surface area contributed by atoms with Gasteiger partial charge in [-0.1, -0.05) is 20.8 Å². The molecule has 0 aromatic rings. The first kappa shape index (κ1) is 14.5. The number of hydrogen-bond donors (Lipinski definition) is 2. The van der Waals surface area contributed by atoms with Crippen LogP contribution in [0, 0.1) is 10.8 Å². The highest BCUT2D eigenvalue weighted by molar-refractivity contribution is 5.81. The number of carbonyl (C=O) groups excluding carboxylic acids is 1. The lowest BCUT2D eigenvalue weighted by molar-refractivity contribution is -0.126. The van der Waals surface area contributed by atoms with Crippen molar-refractivity contribution >= 4 is 5.91 Å². The first-order valence-electron chi connectivity index (χ1n) is 6.37. The molecule has 4 heteroatoms. The van der Waals surface area contributed by atoms with Crippen LogP contribution in [0.4, 0.5) is 0 Å². The van der Waals surface area contributed by atoms with Crippen molar-refractivity contribution in [2.45, 2.75) is 53.1 Å². The number of carbonyl (C=O) groups is 1. The van der Waals surface area contributed by atoms with Gasteiger partial charge in [-0.05, 0) is 32.2 Å². The number of likely N-dealkylation sites (tertiary alicyclic amines) is 1. The van der Waals surface area contributed by atoms with E-state index in [1.165, 1.54) is 0 Å². The van der Waals surface area contributed by atoms with Crippen molar-refractivity contribution in [3.8, 4) is 0 Å². The van der Waals surface area contributed by atoms with E-state index >= 15 is 0 Å². The van der Waals surface area contributed by atoms with Crippen LogP contribution in [-0.4, -0.2) is 36.0 Å². The number of primary amides is 1. The second-order valence-electron chi connectivity index (χ2n) is 6.82. The van der Waals surface area contributed by atoms with Gasteiger partial charge in [0.15, 0.2) is 0 Å². The Labute approximate surface area is 105 Å². The molecule has 4 nitrogen and oxygen atoms in total. The van der Waals surface area contributed by atoms with E-state index in [4.69, 9.17) is 11.5 Å². The Balaban J connectivity index is 2.85. The predicted molar refractivity (Wildman–Crippen MR) is 70.4 cm³/mol. The maximum Gasteiger partial charge on any atom is 0.224 e. The molecule has 3 unspecified atom stereocenters. The summed E-state index contributed by atoms with van der Waals surface area (Å²) in [5.74, 6) is -0.197. The molecule has 1 fully saturated rings. The molecule has 0 aliphatic carbocycles. The van der Waals surface area contributed by atoms with Gasteiger partial charge < -0.3 is 11.5 Å². The molecular weight excluding hydrogens is 214 g/mol. The molecule has 17 heavy (non-hydrogen) atoms. The van der Waals surface area contributed by atoms with Crippen molar-refractivity contribution in [2.75, 3.05) is 13.1 Å². The van der Waals surface area contributed by atoms with Gasteiger partial charge in [0.2, 0.25) is 5.91 Å². The Kier molecular flexibility index (Phi) is 3.89. The van der Waals surface area contributed by atoms with E-state index in [-0.39, 0.29) is 23.4 Å². The van der Waals surface area contributed by atoms with Gasteiger partial charge in [-0.15, -0.1) is 0 Å². The van der Waals surface area contributed by atoms with Crippen LogP contribution < -0.4 is 11.5 Å². The first-order chi connectivity index (χ1) is 7.58. The van der Waals surface area contributed by atoms with Crippen LogP contribution in [0.25, 0.3) is 0 Å². The molecule has 100 valence electrons. The van der Waals surface area contributed by atoms with E-state index < -0.39 is 5.41 Å². The van der Waals surface area contributed by atoms with Gasteiger partial charge in [0.25, 0.3) is 0 Å². The molecule has 1 saturated heterocycles. The summed E-state index contributed by atoms with van der Waals surface area (Å²) in [6, 6.07) is 0.369. The highest BCUT2D eigenvalue weighted by Gasteiger charge is 2.44. The van der Waals surface area contributed by atoms with Crippen LogP contribution in [0.1, 0.15) is 41.0 Å². The molecule has 0 bridgehead atoms. The fraction of sp³-hybridized carbons (Fsp3) is 0.923. The van der Waals surface area contributed by atoms with Crippen LogP contribution >= 0.6 is 0 Å². The van der Waals surface area contributed by atoms with E-state index in [9.17, 15) is 4.79 Å². The fourth-order valence-corrected chi connectivity index (χ4v) is 3.10. The van der Waals surface area contributed by atoms with Crippen molar-refractivity contribution in [1.82, 2.24) is 4.90 Å². The van der Waals surface area contributed by atoms with Crippen molar-refractivity contribution in [3.63, 3.8) is 0 Å². The number of rotatable bonds is 3. The second-order valence-corrected chi connectivity index (χ2v) is 6.82. The molecule has 0 spiro atoms. The van der Waals surface area contributed by atoms with Gasteiger partial charge >= 0.3 is 0 Å². The first-order valence-corrected chi connectivity index (χ1v) is 6.37. The minimum Gasteiger partial charge on any atom is -0.369 e. The van der Waals surface area contributed by atoms with Gasteiger partial charge in [0.1, 0.15) is 0 Å². The summed E-state index contributed by atoms with van der Waals surface area (Å²) in [5, 5.41) is 0.